The third-order valence-electron chi connectivity index (χ3n) is 7.07. The van der Waals surface area contributed by atoms with Gasteiger partial charge in [-0.25, -0.2) is 18.4 Å². The molecule has 0 unspecified atom stereocenters. The maximum Gasteiger partial charge on any atom is 0.277 e. The summed E-state index contributed by atoms with van der Waals surface area (Å²) in [4.78, 5) is 49.0. The Morgan fingerprint density at radius 1 is 0.867 bits per heavy atom. The SMILES string of the molecule is Cc1ccc(S(=O)(=O)N[C@H](Cc2ccccc2)C(=O)N2[C@@H](c3ccccc3O)N2C(=O)c2cc([N+](=O)[O-])cc([N+](=O)[O-])c2)cc1. The highest BCUT2D eigenvalue weighted by atomic mass is 32.2. The van der Waals surface area contributed by atoms with Crippen LogP contribution in [0.5, 0.6) is 5.75 Å². The molecule has 4 aromatic rings. The number of non-ortho nitro benzene ring substituents is 2. The van der Waals surface area contributed by atoms with Crippen LogP contribution in [-0.2, 0) is 21.2 Å². The summed E-state index contributed by atoms with van der Waals surface area (Å²) >= 11 is 0. The lowest BCUT2D eigenvalue weighted by molar-refractivity contribution is -0.394. The van der Waals surface area contributed by atoms with Crippen molar-refractivity contribution in [2.45, 2.75) is 30.4 Å². The molecule has 2 N–H and O–H groups in total. The maximum absolute atomic E-state index is 14.2. The number of nitrogens with one attached hydrogen (secondary N) is 1. The lowest BCUT2D eigenvalue weighted by Gasteiger charge is -2.19. The number of carbonyl (C=O) groups excluding carboxylic acids is 2. The molecule has 0 bridgehead atoms. The zero-order valence-corrected chi connectivity index (χ0v) is 24.3. The van der Waals surface area contributed by atoms with Crippen LogP contribution < -0.4 is 4.72 Å². The van der Waals surface area contributed by atoms with E-state index in [1.54, 1.807) is 55.5 Å². The van der Waals surface area contributed by atoms with Gasteiger partial charge in [-0.2, -0.15) is 4.72 Å². The summed E-state index contributed by atoms with van der Waals surface area (Å²) in [6.45, 7) is 1.78. The van der Waals surface area contributed by atoms with Gasteiger partial charge in [-0.3, -0.25) is 29.8 Å². The number of phenolic OH excluding ortho intramolecular Hbond substituents is 1. The summed E-state index contributed by atoms with van der Waals surface area (Å²) in [6, 6.07) is 21.2. The van der Waals surface area contributed by atoms with Crippen molar-refractivity contribution in [2.75, 3.05) is 0 Å². The van der Waals surface area contributed by atoms with Crippen LogP contribution in [0.1, 0.15) is 33.2 Å². The third-order valence-corrected chi connectivity index (χ3v) is 8.56. The number of para-hydroxylation sites is 1. The Balaban J connectivity index is 1.56. The highest BCUT2D eigenvalue weighted by Crippen LogP contribution is 2.46. The smallest absolute Gasteiger partial charge is 0.277 e. The minimum Gasteiger partial charge on any atom is -0.508 e. The number of phenols is 1. The highest BCUT2D eigenvalue weighted by Gasteiger charge is 2.56. The zero-order chi connectivity index (χ0) is 32.5. The first kappa shape index (κ1) is 30.8. The van der Waals surface area contributed by atoms with Crippen molar-refractivity contribution < 1.29 is 33.0 Å². The summed E-state index contributed by atoms with van der Waals surface area (Å²) in [5.41, 5.74) is -0.407. The van der Waals surface area contributed by atoms with Crippen molar-refractivity contribution >= 4 is 33.2 Å². The average molecular weight is 632 g/mol. The van der Waals surface area contributed by atoms with E-state index in [9.17, 15) is 43.3 Å². The summed E-state index contributed by atoms with van der Waals surface area (Å²) in [6.07, 6.45) is -1.38. The lowest BCUT2D eigenvalue weighted by Crippen LogP contribution is -2.46. The van der Waals surface area contributed by atoms with Crippen LogP contribution in [0, 0.1) is 27.2 Å². The molecule has 1 saturated heterocycles. The first-order chi connectivity index (χ1) is 21.4. The van der Waals surface area contributed by atoms with Crippen molar-refractivity contribution in [3.63, 3.8) is 0 Å². The van der Waals surface area contributed by atoms with Crippen LogP contribution in [0.2, 0.25) is 0 Å². The van der Waals surface area contributed by atoms with Gasteiger partial charge >= 0.3 is 0 Å². The van der Waals surface area contributed by atoms with Gasteiger partial charge in [0.25, 0.3) is 23.2 Å². The second kappa shape index (κ2) is 12.1. The number of hydrazine groups is 1. The first-order valence-electron chi connectivity index (χ1n) is 13.4. The first-order valence-corrected chi connectivity index (χ1v) is 14.9. The van der Waals surface area contributed by atoms with Gasteiger partial charge in [0.2, 0.25) is 10.0 Å². The fourth-order valence-electron chi connectivity index (χ4n) is 4.80. The summed E-state index contributed by atoms with van der Waals surface area (Å²) in [7, 11) is -4.26. The minimum atomic E-state index is -4.26. The van der Waals surface area contributed by atoms with Gasteiger partial charge in [0.05, 0.1) is 26.4 Å². The molecule has 1 aliphatic rings. The van der Waals surface area contributed by atoms with Crippen LogP contribution in [0.4, 0.5) is 11.4 Å². The number of hydrogen-bond donors (Lipinski definition) is 2. The summed E-state index contributed by atoms with van der Waals surface area (Å²) in [5, 5.41) is 35.3. The molecule has 5 rings (SSSR count). The third kappa shape index (κ3) is 6.48. The lowest BCUT2D eigenvalue weighted by atomic mass is 10.1. The number of amides is 2. The predicted molar refractivity (Wildman–Crippen MR) is 159 cm³/mol. The van der Waals surface area contributed by atoms with Crippen LogP contribution in [0.25, 0.3) is 0 Å². The van der Waals surface area contributed by atoms with Crippen molar-refractivity contribution in [2.24, 2.45) is 0 Å². The number of carbonyl (C=O) groups is 2. The number of rotatable bonds is 10. The maximum atomic E-state index is 14.2. The number of nitro benzene ring substituents is 2. The molecule has 0 saturated carbocycles. The molecule has 1 fully saturated rings. The molecule has 1 aliphatic heterocycles. The second-order valence-corrected chi connectivity index (χ2v) is 11.9. The predicted octanol–water partition coefficient (Wildman–Crippen LogP) is 4.01. The van der Waals surface area contributed by atoms with E-state index >= 15 is 0 Å². The topological polar surface area (TPSA) is 193 Å². The molecule has 2 atom stereocenters. The fourth-order valence-corrected chi connectivity index (χ4v) is 5.99. The Hall–Kier alpha value is -5.67. The molecular weight excluding hydrogens is 606 g/mol. The van der Waals surface area contributed by atoms with Crippen molar-refractivity contribution in [3.8, 4) is 5.75 Å². The quantitative estimate of drug-likeness (QED) is 0.148. The monoisotopic (exact) mass is 631 g/mol. The van der Waals surface area contributed by atoms with Gasteiger partial charge in [-0.1, -0.05) is 66.2 Å². The molecule has 0 aromatic heterocycles. The zero-order valence-electron chi connectivity index (χ0n) is 23.5. The largest absolute Gasteiger partial charge is 0.508 e. The molecule has 0 aliphatic carbocycles. The number of sulfonamides is 1. The molecule has 45 heavy (non-hydrogen) atoms. The Morgan fingerprint density at radius 3 is 2.02 bits per heavy atom. The van der Waals surface area contributed by atoms with E-state index in [2.05, 4.69) is 4.72 Å². The van der Waals surface area contributed by atoms with Gasteiger partial charge in [-0.15, -0.1) is 0 Å². The number of aryl methyl sites for hydroxylation is 1. The van der Waals surface area contributed by atoms with Crippen molar-refractivity contribution in [1.82, 2.24) is 14.7 Å². The van der Waals surface area contributed by atoms with Gasteiger partial charge in [-0.05, 0) is 37.1 Å². The Bertz CT molecular complexity index is 1890. The van der Waals surface area contributed by atoms with Crippen LogP contribution in [-0.4, -0.2) is 51.2 Å². The van der Waals surface area contributed by atoms with Crippen LogP contribution in [0.15, 0.2) is 102 Å². The number of aromatic hydroxyl groups is 1. The molecule has 0 spiro atoms. The van der Waals surface area contributed by atoms with Gasteiger partial charge in [0, 0.05) is 17.7 Å². The summed E-state index contributed by atoms with van der Waals surface area (Å²) < 4.78 is 29.2. The Kier molecular flexibility index (Phi) is 8.30. The molecule has 0 radical (unpaired) electrons. The highest BCUT2D eigenvalue weighted by molar-refractivity contribution is 7.89. The Labute approximate surface area is 256 Å². The van der Waals surface area contributed by atoms with E-state index in [0.717, 1.165) is 27.7 Å². The molecule has 14 nitrogen and oxygen atoms in total. The number of nitrogens with zero attached hydrogens (tertiary/aromatic N) is 4. The van der Waals surface area contributed by atoms with Crippen molar-refractivity contribution in [3.05, 3.63) is 140 Å². The molecule has 15 heteroatoms. The molecule has 230 valence electrons. The molecular formula is C30H25N5O9S. The Morgan fingerprint density at radius 2 is 1.44 bits per heavy atom. The van der Waals surface area contributed by atoms with E-state index in [1.807, 2.05) is 0 Å². The van der Waals surface area contributed by atoms with E-state index in [1.165, 1.54) is 30.3 Å². The standard InChI is InChI=1S/C30H25N5O9S/c1-19-11-13-24(14-12-19)45(43,44)31-26(15-20-7-3-2-4-8-20)30(38)33-28(25-9-5-6-10-27(25)36)32(33)29(37)21-16-22(34(39)40)18-23(17-21)35(41)42/h2-14,16-18,26,28,31,36H,15H2,1H3/t26-,28+,32?,33?/m1/s1. The van der Waals surface area contributed by atoms with Gasteiger partial charge in [0.15, 0.2) is 6.17 Å². The van der Waals surface area contributed by atoms with Gasteiger partial charge in [0.1, 0.15) is 11.8 Å². The van der Waals surface area contributed by atoms with Gasteiger partial charge < -0.3 is 5.11 Å². The number of nitro groups is 2. The van der Waals surface area contributed by atoms with E-state index in [4.69, 9.17) is 0 Å². The van der Waals surface area contributed by atoms with Crippen molar-refractivity contribution in [1.29, 1.82) is 0 Å². The normalized spacial score (nSPS) is 14.9. The fraction of sp³-hybridized carbons (Fsp3) is 0.133. The second-order valence-electron chi connectivity index (χ2n) is 10.2. The number of hydrogen-bond acceptors (Lipinski definition) is 9. The molecule has 1 heterocycles. The average Bonchev–Trinajstić information content (AvgIpc) is 3.75. The number of benzene rings is 4. The van der Waals surface area contributed by atoms with E-state index in [0.29, 0.717) is 11.6 Å². The molecule has 4 aromatic carbocycles. The van der Waals surface area contributed by atoms with Crippen LogP contribution in [0.3, 0.4) is 0 Å². The minimum absolute atomic E-state index is 0.0963. The van der Waals surface area contributed by atoms with E-state index < -0.39 is 60.8 Å². The van der Waals surface area contributed by atoms with Crippen LogP contribution >= 0.6 is 0 Å². The molecule has 2 amide bonds. The van der Waals surface area contributed by atoms with E-state index in [-0.39, 0.29) is 22.6 Å². The summed E-state index contributed by atoms with van der Waals surface area (Å²) in [5.74, 6) is -2.19.